The van der Waals surface area contributed by atoms with Crippen molar-refractivity contribution in [1.29, 1.82) is 0 Å². The quantitative estimate of drug-likeness (QED) is 0.945. The Bertz CT molecular complexity index is 701. The van der Waals surface area contributed by atoms with E-state index in [1.807, 2.05) is 18.2 Å². The van der Waals surface area contributed by atoms with Gasteiger partial charge in [0.15, 0.2) is 0 Å². The highest BCUT2D eigenvalue weighted by Crippen LogP contribution is 2.22. The standard InChI is InChI=1S/C19H20FNO2/c20-17-9-3-7-15(11-17)18(22)12-19(23)21-10-4-8-14-5-1-2-6-16(14)13-21/h1-3,5-7,9,11,18,22H,4,8,10,12-13H2. The predicted molar refractivity (Wildman–Crippen MR) is 86.2 cm³/mol. The molecule has 0 fully saturated rings. The second kappa shape index (κ2) is 6.92. The molecule has 0 aliphatic carbocycles. The van der Waals surface area contributed by atoms with Crippen LogP contribution in [0.2, 0.25) is 0 Å². The molecule has 1 unspecified atom stereocenters. The fourth-order valence-corrected chi connectivity index (χ4v) is 3.04. The van der Waals surface area contributed by atoms with Gasteiger partial charge in [0.2, 0.25) is 5.91 Å². The first-order valence-corrected chi connectivity index (χ1v) is 7.91. The van der Waals surface area contributed by atoms with Crippen molar-refractivity contribution in [3.63, 3.8) is 0 Å². The zero-order valence-electron chi connectivity index (χ0n) is 12.9. The van der Waals surface area contributed by atoms with Crippen LogP contribution in [0.3, 0.4) is 0 Å². The Balaban J connectivity index is 1.68. The first-order valence-electron chi connectivity index (χ1n) is 7.91. The first kappa shape index (κ1) is 15.7. The molecule has 0 bridgehead atoms. The molecule has 1 amide bonds. The van der Waals surface area contributed by atoms with Gasteiger partial charge in [-0.05, 0) is 41.7 Å². The summed E-state index contributed by atoms with van der Waals surface area (Å²) in [5.74, 6) is -0.504. The molecule has 23 heavy (non-hydrogen) atoms. The third kappa shape index (κ3) is 3.77. The van der Waals surface area contributed by atoms with Gasteiger partial charge in [-0.1, -0.05) is 36.4 Å². The van der Waals surface area contributed by atoms with Crippen LogP contribution in [0, 0.1) is 5.82 Å². The molecule has 0 aromatic heterocycles. The average molecular weight is 313 g/mol. The highest BCUT2D eigenvalue weighted by molar-refractivity contribution is 5.77. The fraction of sp³-hybridized carbons (Fsp3) is 0.316. The summed E-state index contributed by atoms with van der Waals surface area (Å²) in [4.78, 5) is 14.3. The minimum absolute atomic E-state index is 0.0222. The summed E-state index contributed by atoms with van der Waals surface area (Å²) in [5, 5.41) is 10.2. The van der Waals surface area contributed by atoms with Gasteiger partial charge in [-0.2, -0.15) is 0 Å². The molecule has 0 spiro atoms. The molecule has 2 aromatic carbocycles. The topological polar surface area (TPSA) is 40.5 Å². The van der Waals surface area contributed by atoms with Crippen LogP contribution < -0.4 is 0 Å². The van der Waals surface area contributed by atoms with Crippen molar-refractivity contribution in [2.45, 2.75) is 31.9 Å². The second-order valence-electron chi connectivity index (χ2n) is 5.96. The number of hydrogen-bond donors (Lipinski definition) is 1. The summed E-state index contributed by atoms with van der Waals surface area (Å²) < 4.78 is 13.2. The van der Waals surface area contributed by atoms with Gasteiger partial charge in [-0.25, -0.2) is 4.39 Å². The number of amides is 1. The Labute approximate surface area is 135 Å². The van der Waals surface area contributed by atoms with E-state index in [1.165, 1.54) is 23.3 Å². The van der Waals surface area contributed by atoms with Gasteiger partial charge in [-0.3, -0.25) is 4.79 Å². The Morgan fingerprint density at radius 2 is 1.96 bits per heavy atom. The van der Waals surface area contributed by atoms with Gasteiger partial charge < -0.3 is 10.0 Å². The minimum atomic E-state index is -0.975. The molecular weight excluding hydrogens is 293 g/mol. The summed E-state index contributed by atoms with van der Waals surface area (Å²) in [6, 6.07) is 13.9. The van der Waals surface area contributed by atoms with Crippen molar-refractivity contribution in [3.05, 3.63) is 71.0 Å². The normalized spacial score (nSPS) is 15.7. The highest BCUT2D eigenvalue weighted by atomic mass is 19.1. The largest absolute Gasteiger partial charge is 0.388 e. The average Bonchev–Trinajstić information content (AvgIpc) is 2.77. The van der Waals surface area contributed by atoms with E-state index in [-0.39, 0.29) is 12.3 Å². The SMILES string of the molecule is O=C(CC(O)c1cccc(F)c1)N1CCCc2ccccc2C1. The first-order chi connectivity index (χ1) is 11.1. The van der Waals surface area contributed by atoms with Crippen molar-refractivity contribution in [1.82, 2.24) is 4.90 Å². The van der Waals surface area contributed by atoms with Crippen molar-refractivity contribution >= 4 is 5.91 Å². The molecule has 4 heteroatoms. The Kier molecular flexibility index (Phi) is 4.72. The third-order valence-electron chi connectivity index (χ3n) is 4.31. The Morgan fingerprint density at radius 1 is 1.17 bits per heavy atom. The van der Waals surface area contributed by atoms with E-state index in [9.17, 15) is 14.3 Å². The molecule has 1 heterocycles. The highest BCUT2D eigenvalue weighted by Gasteiger charge is 2.22. The molecule has 2 aromatic rings. The number of benzene rings is 2. The van der Waals surface area contributed by atoms with E-state index in [1.54, 1.807) is 17.0 Å². The molecule has 0 saturated heterocycles. The molecule has 3 rings (SSSR count). The van der Waals surface area contributed by atoms with Gasteiger partial charge in [0.05, 0.1) is 12.5 Å². The number of aryl methyl sites for hydroxylation is 1. The van der Waals surface area contributed by atoms with Crippen LogP contribution in [0.1, 0.15) is 35.6 Å². The number of aliphatic hydroxyl groups excluding tert-OH is 1. The molecular formula is C19H20FNO2. The maximum atomic E-state index is 13.2. The maximum Gasteiger partial charge on any atom is 0.225 e. The monoisotopic (exact) mass is 313 g/mol. The number of halogens is 1. The number of hydrogen-bond acceptors (Lipinski definition) is 2. The number of nitrogens with zero attached hydrogens (tertiary/aromatic N) is 1. The van der Waals surface area contributed by atoms with E-state index in [0.717, 1.165) is 12.8 Å². The van der Waals surface area contributed by atoms with Crippen LogP contribution >= 0.6 is 0 Å². The number of aliphatic hydroxyl groups is 1. The molecule has 1 aliphatic heterocycles. The molecule has 120 valence electrons. The minimum Gasteiger partial charge on any atom is -0.388 e. The Morgan fingerprint density at radius 3 is 2.74 bits per heavy atom. The van der Waals surface area contributed by atoms with Crippen LogP contribution in [0.15, 0.2) is 48.5 Å². The maximum absolute atomic E-state index is 13.2. The van der Waals surface area contributed by atoms with E-state index in [0.29, 0.717) is 18.7 Å². The summed E-state index contributed by atoms with van der Waals surface area (Å²) in [6.07, 6.45) is 0.883. The molecule has 1 aliphatic rings. The zero-order chi connectivity index (χ0) is 16.2. The molecule has 1 N–H and O–H groups in total. The second-order valence-corrected chi connectivity index (χ2v) is 5.96. The number of fused-ring (bicyclic) bond motifs is 1. The van der Waals surface area contributed by atoms with Crippen molar-refractivity contribution in [2.24, 2.45) is 0 Å². The molecule has 0 saturated carbocycles. The zero-order valence-corrected chi connectivity index (χ0v) is 12.9. The Hall–Kier alpha value is -2.20. The number of carbonyl (C=O) groups is 1. The van der Waals surface area contributed by atoms with Crippen molar-refractivity contribution < 1.29 is 14.3 Å². The lowest BCUT2D eigenvalue weighted by atomic mass is 10.0. The summed E-state index contributed by atoms with van der Waals surface area (Å²) >= 11 is 0. The third-order valence-corrected chi connectivity index (χ3v) is 4.31. The lowest BCUT2D eigenvalue weighted by Gasteiger charge is -2.22. The van der Waals surface area contributed by atoms with Crippen LogP contribution in [-0.4, -0.2) is 22.5 Å². The predicted octanol–water partition coefficient (Wildman–Crippen LogP) is 3.22. The number of rotatable bonds is 3. The van der Waals surface area contributed by atoms with Gasteiger partial charge in [0.25, 0.3) is 0 Å². The van der Waals surface area contributed by atoms with E-state index in [4.69, 9.17) is 0 Å². The molecule has 1 atom stereocenters. The summed E-state index contributed by atoms with van der Waals surface area (Å²) in [5.41, 5.74) is 2.89. The van der Waals surface area contributed by atoms with Crippen LogP contribution in [-0.2, 0) is 17.8 Å². The van der Waals surface area contributed by atoms with Crippen molar-refractivity contribution in [2.75, 3.05) is 6.54 Å². The van der Waals surface area contributed by atoms with Gasteiger partial charge in [-0.15, -0.1) is 0 Å². The fourth-order valence-electron chi connectivity index (χ4n) is 3.04. The van der Waals surface area contributed by atoms with Gasteiger partial charge >= 0.3 is 0 Å². The number of carbonyl (C=O) groups excluding carboxylic acids is 1. The lowest BCUT2D eigenvalue weighted by molar-refractivity contribution is -0.134. The molecule has 0 radical (unpaired) electrons. The van der Waals surface area contributed by atoms with Crippen LogP contribution in [0.25, 0.3) is 0 Å². The summed E-state index contributed by atoms with van der Waals surface area (Å²) in [6.45, 7) is 1.26. The van der Waals surface area contributed by atoms with E-state index in [2.05, 4.69) is 6.07 Å². The van der Waals surface area contributed by atoms with Crippen molar-refractivity contribution in [3.8, 4) is 0 Å². The van der Waals surface area contributed by atoms with E-state index < -0.39 is 11.9 Å². The van der Waals surface area contributed by atoms with Gasteiger partial charge in [0.1, 0.15) is 5.82 Å². The van der Waals surface area contributed by atoms with Crippen LogP contribution in [0.5, 0.6) is 0 Å². The van der Waals surface area contributed by atoms with Crippen LogP contribution in [0.4, 0.5) is 4.39 Å². The lowest BCUT2D eigenvalue weighted by Crippen LogP contribution is -2.31. The smallest absolute Gasteiger partial charge is 0.225 e. The van der Waals surface area contributed by atoms with E-state index >= 15 is 0 Å². The van der Waals surface area contributed by atoms with Gasteiger partial charge in [0, 0.05) is 13.1 Å². The molecule has 3 nitrogen and oxygen atoms in total. The summed E-state index contributed by atoms with van der Waals surface area (Å²) in [7, 11) is 0.